The minimum absolute atomic E-state index is 0.261. The Morgan fingerprint density at radius 3 is 2.80 bits per heavy atom. The van der Waals surface area contributed by atoms with E-state index in [9.17, 15) is 4.79 Å². The number of nitrogens with zero attached hydrogens (tertiary/aromatic N) is 5. The van der Waals surface area contributed by atoms with Gasteiger partial charge in [0, 0.05) is 15.8 Å². The number of hydrazone groups is 2. The van der Waals surface area contributed by atoms with Gasteiger partial charge in [0.1, 0.15) is 0 Å². The van der Waals surface area contributed by atoms with E-state index in [0.29, 0.717) is 10.8 Å². The zero-order chi connectivity index (χ0) is 20.7. The van der Waals surface area contributed by atoms with E-state index in [-0.39, 0.29) is 11.6 Å². The summed E-state index contributed by atoms with van der Waals surface area (Å²) in [6, 6.07) is 15.6. The van der Waals surface area contributed by atoms with Crippen molar-refractivity contribution in [1.82, 2.24) is 15.2 Å². The molecule has 5 rings (SSSR count). The summed E-state index contributed by atoms with van der Waals surface area (Å²) >= 11 is 1.43. The summed E-state index contributed by atoms with van der Waals surface area (Å²) in [5.74, 6) is -0.308. The Kier molecular flexibility index (Phi) is 4.36. The van der Waals surface area contributed by atoms with E-state index in [4.69, 9.17) is 0 Å². The Labute approximate surface area is 176 Å². The van der Waals surface area contributed by atoms with Crippen LogP contribution in [0.15, 0.2) is 64.9 Å². The maximum atomic E-state index is 13.0. The van der Waals surface area contributed by atoms with Gasteiger partial charge < -0.3 is 0 Å². The number of amides is 1. The SMILES string of the molecule is CC1=NN(c2nc(-c3ccccc3)c(C)s2)C(=O)/C1=N/Nc1ccc2[nH]ncc2c1. The summed E-state index contributed by atoms with van der Waals surface area (Å²) in [6.45, 7) is 3.75. The molecule has 0 radical (unpaired) electrons. The molecule has 1 aliphatic rings. The van der Waals surface area contributed by atoms with Gasteiger partial charge in [0.15, 0.2) is 5.71 Å². The summed E-state index contributed by atoms with van der Waals surface area (Å²) in [4.78, 5) is 18.6. The van der Waals surface area contributed by atoms with Crippen LogP contribution in [-0.2, 0) is 4.79 Å². The van der Waals surface area contributed by atoms with Crippen molar-refractivity contribution >= 4 is 50.4 Å². The van der Waals surface area contributed by atoms with E-state index in [1.165, 1.54) is 16.3 Å². The Morgan fingerprint density at radius 2 is 1.97 bits per heavy atom. The summed E-state index contributed by atoms with van der Waals surface area (Å²) in [5.41, 5.74) is 7.29. The van der Waals surface area contributed by atoms with Crippen molar-refractivity contribution in [1.29, 1.82) is 0 Å². The largest absolute Gasteiger partial charge is 0.303 e. The Bertz CT molecular complexity index is 1320. The number of carbonyl (C=O) groups is 1. The smallest absolute Gasteiger partial charge is 0.278 e. The molecule has 0 spiro atoms. The van der Waals surface area contributed by atoms with Crippen LogP contribution >= 0.6 is 11.3 Å². The summed E-state index contributed by atoms with van der Waals surface area (Å²) in [7, 11) is 0. The van der Waals surface area contributed by atoms with Gasteiger partial charge in [0.25, 0.3) is 0 Å². The minimum Gasteiger partial charge on any atom is -0.278 e. The van der Waals surface area contributed by atoms with Crippen molar-refractivity contribution in [2.75, 3.05) is 10.4 Å². The van der Waals surface area contributed by atoms with E-state index < -0.39 is 0 Å². The molecule has 0 atom stereocenters. The maximum absolute atomic E-state index is 13.0. The maximum Gasteiger partial charge on any atom is 0.303 e. The van der Waals surface area contributed by atoms with Crippen molar-refractivity contribution in [2.24, 2.45) is 10.2 Å². The van der Waals surface area contributed by atoms with Gasteiger partial charge in [-0.3, -0.25) is 15.3 Å². The number of hydrogen-bond donors (Lipinski definition) is 2. The average molecular weight is 415 g/mol. The highest BCUT2D eigenvalue weighted by atomic mass is 32.1. The van der Waals surface area contributed by atoms with Gasteiger partial charge in [-0.1, -0.05) is 41.7 Å². The van der Waals surface area contributed by atoms with E-state index in [1.54, 1.807) is 13.1 Å². The topological polar surface area (TPSA) is 98.6 Å². The van der Waals surface area contributed by atoms with Crippen molar-refractivity contribution in [2.45, 2.75) is 13.8 Å². The molecule has 30 heavy (non-hydrogen) atoms. The number of aryl methyl sites for hydroxylation is 1. The molecule has 0 saturated carbocycles. The van der Waals surface area contributed by atoms with Crippen LogP contribution in [0.3, 0.4) is 0 Å². The number of carbonyl (C=O) groups excluding carboxylic acids is 1. The molecular weight excluding hydrogens is 398 g/mol. The molecule has 4 aromatic rings. The Hall–Kier alpha value is -3.85. The fourth-order valence-corrected chi connectivity index (χ4v) is 4.11. The molecule has 8 nitrogen and oxygen atoms in total. The van der Waals surface area contributed by atoms with Crippen LogP contribution in [0.25, 0.3) is 22.2 Å². The van der Waals surface area contributed by atoms with Crippen molar-refractivity contribution in [3.8, 4) is 11.3 Å². The molecule has 0 fully saturated rings. The third-order valence-corrected chi connectivity index (χ3v) is 5.68. The molecule has 3 heterocycles. The van der Waals surface area contributed by atoms with Crippen molar-refractivity contribution in [3.05, 3.63) is 59.6 Å². The Morgan fingerprint density at radius 1 is 1.13 bits per heavy atom. The number of rotatable bonds is 4. The van der Waals surface area contributed by atoms with Crippen LogP contribution in [-0.4, -0.2) is 32.5 Å². The highest BCUT2D eigenvalue weighted by Crippen LogP contribution is 2.33. The van der Waals surface area contributed by atoms with Crippen LogP contribution in [0.2, 0.25) is 0 Å². The van der Waals surface area contributed by atoms with E-state index in [0.717, 1.165) is 32.7 Å². The lowest BCUT2D eigenvalue weighted by molar-refractivity contribution is -0.112. The molecule has 0 saturated heterocycles. The van der Waals surface area contributed by atoms with Crippen molar-refractivity contribution in [3.63, 3.8) is 0 Å². The fourth-order valence-electron chi connectivity index (χ4n) is 3.23. The van der Waals surface area contributed by atoms with Gasteiger partial charge in [-0.25, -0.2) is 4.98 Å². The van der Waals surface area contributed by atoms with Gasteiger partial charge in [-0.05, 0) is 32.0 Å². The minimum atomic E-state index is -0.308. The highest BCUT2D eigenvalue weighted by molar-refractivity contribution is 7.16. The summed E-state index contributed by atoms with van der Waals surface area (Å²) in [6.07, 6.45) is 1.73. The van der Waals surface area contributed by atoms with E-state index in [2.05, 4.69) is 30.8 Å². The predicted octanol–water partition coefficient (Wildman–Crippen LogP) is 4.19. The molecule has 1 amide bonds. The van der Waals surface area contributed by atoms with Crippen molar-refractivity contribution < 1.29 is 4.79 Å². The second-order valence-electron chi connectivity index (χ2n) is 6.81. The van der Waals surface area contributed by atoms with Gasteiger partial charge in [0.05, 0.1) is 28.8 Å². The lowest BCUT2D eigenvalue weighted by atomic mass is 10.1. The number of thiazole rings is 1. The third-order valence-electron chi connectivity index (χ3n) is 4.74. The van der Waals surface area contributed by atoms with Gasteiger partial charge in [-0.15, -0.1) is 0 Å². The lowest BCUT2D eigenvalue weighted by Gasteiger charge is -2.06. The first-order valence-electron chi connectivity index (χ1n) is 9.30. The van der Waals surface area contributed by atoms with Crippen LogP contribution in [0.5, 0.6) is 0 Å². The monoisotopic (exact) mass is 415 g/mol. The molecule has 2 aromatic carbocycles. The summed E-state index contributed by atoms with van der Waals surface area (Å²) in [5, 5.41) is 18.4. The number of anilines is 2. The first-order chi connectivity index (χ1) is 14.6. The van der Waals surface area contributed by atoms with Gasteiger partial charge in [-0.2, -0.15) is 20.3 Å². The van der Waals surface area contributed by atoms with Gasteiger partial charge >= 0.3 is 5.91 Å². The lowest BCUT2D eigenvalue weighted by Crippen LogP contribution is -2.27. The van der Waals surface area contributed by atoms with Crippen LogP contribution < -0.4 is 10.4 Å². The van der Waals surface area contributed by atoms with E-state index in [1.807, 2.05) is 55.5 Å². The molecule has 2 N–H and O–H groups in total. The van der Waals surface area contributed by atoms with Crippen LogP contribution in [0, 0.1) is 6.92 Å². The highest BCUT2D eigenvalue weighted by Gasteiger charge is 2.33. The van der Waals surface area contributed by atoms with Crippen LogP contribution in [0.4, 0.5) is 10.8 Å². The third kappa shape index (κ3) is 3.15. The average Bonchev–Trinajstić information content (AvgIpc) is 3.45. The van der Waals surface area contributed by atoms with Gasteiger partial charge in [0.2, 0.25) is 5.13 Å². The summed E-state index contributed by atoms with van der Waals surface area (Å²) < 4.78 is 0. The standard InChI is InChI=1S/C21H17N7OS/c1-12-18(26-24-16-8-9-17-15(10-16)11-22-25-17)20(29)28(27-12)21-23-19(13(2)30-21)14-6-4-3-5-7-14/h3-11,24H,1-2H3,(H,22,25)/b26-18+. The molecule has 2 aromatic heterocycles. The molecule has 0 bridgehead atoms. The second kappa shape index (κ2) is 7.20. The quantitative estimate of drug-likeness (QED) is 0.488. The predicted molar refractivity (Wildman–Crippen MR) is 120 cm³/mol. The number of benzene rings is 2. The zero-order valence-electron chi connectivity index (χ0n) is 16.2. The molecule has 0 unspecified atom stereocenters. The molecule has 148 valence electrons. The molecule has 0 aliphatic carbocycles. The number of nitrogens with one attached hydrogen (secondary N) is 2. The fraction of sp³-hybridized carbons (Fsp3) is 0.0952. The van der Waals surface area contributed by atoms with E-state index >= 15 is 0 Å². The number of aromatic nitrogens is 3. The number of hydrogen-bond acceptors (Lipinski definition) is 7. The molecule has 1 aliphatic heterocycles. The Balaban J connectivity index is 1.40. The number of aromatic amines is 1. The molecular formula is C21H17N7OS. The number of fused-ring (bicyclic) bond motifs is 1. The normalized spacial score (nSPS) is 15.3. The van der Waals surface area contributed by atoms with Crippen LogP contribution in [0.1, 0.15) is 11.8 Å². The first kappa shape index (κ1) is 18.2. The first-order valence-corrected chi connectivity index (χ1v) is 10.1. The number of H-pyrrole nitrogens is 1. The second-order valence-corrected chi connectivity index (χ2v) is 8.00. The molecule has 9 heteroatoms. The zero-order valence-corrected chi connectivity index (χ0v) is 17.1.